The van der Waals surface area contributed by atoms with E-state index in [4.69, 9.17) is 14.2 Å². The largest absolute Gasteiger partial charge is 0.462 e. The van der Waals surface area contributed by atoms with Gasteiger partial charge in [-0.2, -0.15) is 0 Å². The molecule has 0 rings (SSSR count). The number of carbonyl (C=O) groups excluding carboxylic acids is 3. The summed E-state index contributed by atoms with van der Waals surface area (Å²) in [5.41, 5.74) is 0. The van der Waals surface area contributed by atoms with Gasteiger partial charge in [0.15, 0.2) is 6.10 Å². The quantitative estimate of drug-likeness (QED) is 0.0261. The van der Waals surface area contributed by atoms with Gasteiger partial charge in [0.2, 0.25) is 0 Å². The molecule has 0 aromatic carbocycles. The summed E-state index contributed by atoms with van der Waals surface area (Å²) in [6, 6.07) is 0. The Morgan fingerprint density at radius 3 is 0.893 bits per heavy atom. The van der Waals surface area contributed by atoms with Crippen LogP contribution in [0.2, 0.25) is 0 Å². The van der Waals surface area contributed by atoms with E-state index >= 15 is 0 Å². The molecule has 0 aromatic rings. The van der Waals surface area contributed by atoms with Crippen molar-refractivity contribution in [2.45, 2.75) is 271 Å². The maximum atomic E-state index is 12.9. The lowest BCUT2D eigenvalue weighted by Crippen LogP contribution is -2.30. The minimum absolute atomic E-state index is 0.0996. The summed E-state index contributed by atoms with van der Waals surface area (Å²) in [4.78, 5) is 38.1. The molecule has 1 unspecified atom stereocenters. The zero-order valence-electron chi connectivity index (χ0n) is 48.5. The second-order valence-corrected chi connectivity index (χ2v) is 19.9. The van der Waals surface area contributed by atoms with Crippen LogP contribution in [0, 0.1) is 0 Å². The Labute approximate surface area is 462 Å². The van der Waals surface area contributed by atoms with Crippen LogP contribution < -0.4 is 0 Å². The summed E-state index contributed by atoms with van der Waals surface area (Å²) in [6.45, 7) is 6.43. The van der Waals surface area contributed by atoms with E-state index in [1.165, 1.54) is 109 Å². The second-order valence-electron chi connectivity index (χ2n) is 19.9. The molecule has 0 aliphatic carbocycles. The smallest absolute Gasteiger partial charge is 0.306 e. The molecule has 0 spiro atoms. The van der Waals surface area contributed by atoms with Crippen molar-refractivity contribution in [1.29, 1.82) is 0 Å². The molecule has 0 aromatic heterocycles. The van der Waals surface area contributed by atoms with Crippen molar-refractivity contribution in [3.8, 4) is 0 Å². The highest BCUT2D eigenvalue weighted by Crippen LogP contribution is 2.14. The van der Waals surface area contributed by atoms with Crippen LogP contribution >= 0.6 is 0 Å². The Kier molecular flexibility index (Phi) is 58.4. The molecule has 75 heavy (non-hydrogen) atoms. The van der Waals surface area contributed by atoms with Crippen molar-refractivity contribution in [2.24, 2.45) is 0 Å². The molecule has 0 amide bonds. The van der Waals surface area contributed by atoms with Gasteiger partial charge < -0.3 is 14.2 Å². The standard InChI is InChI=1S/C69H112O6/c1-4-7-10-13-16-19-21-23-25-27-29-30-31-32-33-34-35-36-37-38-40-41-43-45-47-50-53-56-59-62-68(71)74-65-66(64-73-67(70)61-58-55-52-49-18-15-12-9-6-3)75-69(72)63-60-57-54-51-48-46-44-42-39-28-26-24-22-20-17-14-11-8-5-2/h7,10,16-17,19-20,23-26,29-30,32-33,35-36,38,40,43,45,50,53,66H,4-6,8-9,11-15,18,21-22,27-28,31,34,37,39,41-42,44,46-49,51-52,54-65H2,1-3H3/b10-7-,19-16-,20-17-,25-23-,26-24-,30-29-,33-32-,36-35-,40-38-,45-43-,53-50-. The van der Waals surface area contributed by atoms with Gasteiger partial charge in [0, 0.05) is 19.3 Å². The Hall–Kier alpha value is -4.45. The first kappa shape index (κ1) is 70.5. The fourth-order valence-corrected chi connectivity index (χ4v) is 8.06. The Balaban J connectivity index is 4.37. The number of carbonyl (C=O) groups is 3. The first-order chi connectivity index (χ1) is 37.0. The summed E-state index contributed by atoms with van der Waals surface area (Å²) >= 11 is 0. The average Bonchev–Trinajstić information content (AvgIpc) is 3.41. The van der Waals surface area contributed by atoms with Crippen molar-refractivity contribution in [1.82, 2.24) is 0 Å². The van der Waals surface area contributed by atoms with Crippen molar-refractivity contribution < 1.29 is 28.6 Å². The third kappa shape index (κ3) is 60.3. The molecule has 424 valence electrons. The predicted octanol–water partition coefficient (Wildman–Crippen LogP) is 21.0. The van der Waals surface area contributed by atoms with E-state index in [1.54, 1.807) is 0 Å². The van der Waals surface area contributed by atoms with Crippen LogP contribution in [0.5, 0.6) is 0 Å². The van der Waals surface area contributed by atoms with Crippen molar-refractivity contribution in [3.63, 3.8) is 0 Å². The van der Waals surface area contributed by atoms with Crippen LogP contribution in [0.3, 0.4) is 0 Å². The van der Waals surface area contributed by atoms with E-state index in [0.29, 0.717) is 19.3 Å². The fourth-order valence-electron chi connectivity index (χ4n) is 8.06. The van der Waals surface area contributed by atoms with E-state index < -0.39 is 6.10 Å². The number of rotatable bonds is 54. The molecule has 0 bridgehead atoms. The Morgan fingerprint density at radius 1 is 0.280 bits per heavy atom. The maximum absolute atomic E-state index is 12.9. The van der Waals surface area contributed by atoms with E-state index in [0.717, 1.165) is 109 Å². The second kappa shape index (κ2) is 62.1. The van der Waals surface area contributed by atoms with Crippen LogP contribution in [0.4, 0.5) is 0 Å². The highest BCUT2D eigenvalue weighted by atomic mass is 16.6. The highest BCUT2D eigenvalue weighted by molar-refractivity contribution is 5.71. The van der Waals surface area contributed by atoms with E-state index in [2.05, 4.69) is 154 Å². The van der Waals surface area contributed by atoms with E-state index in [-0.39, 0.29) is 37.5 Å². The van der Waals surface area contributed by atoms with Crippen molar-refractivity contribution in [3.05, 3.63) is 134 Å². The highest BCUT2D eigenvalue weighted by Gasteiger charge is 2.19. The Morgan fingerprint density at radius 2 is 0.533 bits per heavy atom. The zero-order valence-corrected chi connectivity index (χ0v) is 48.5. The lowest BCUT2D eigenvalue weighted by Gasteiger charge is -2.18. The number of hydrogen-bond donors (Lipinski definition) is 0. The normalized spacial score (nSPS) is 13.1. The minimum Gasteiger partial charge on any atom is -0.462 e. The fraction of sp³-hybridized carbons (Fsp3) is 0.638. The van der Waals surface area contributed by atoms with Crippen LogP contribution in [0.25, 0.3) is 0 Å². The van der Waals surface area contributed by atoms with Gasteiger partial charge in [-0.3, -0.25) is 14.4 Å². The van der Waals surface area contributed by atoms with E-state index in [9.17, 15) is 14.4 Å². The molecule has 6 nitrogen and oxygen atoms in total. The number of hydrogen-bond acceptors (Lipinski definition) is 6. The minimum atomic E-state index is -0.806. The molecule has 1 atom stereocenters. The van der Waals surface area contributed by atoms with Gasteiger partial charge >= 0.3 is 17.9 Å². The van der Waals surface area contributed by atoms with Gasteiger partial charge in [0.25, 0.3) is 0 Å². The number of unbranched alkanes of at least 4 members (excludes halogenated alkanes) is 21. The topological polar surface area (TPSA) is 78.9 Å². The molecule has 0 N–H and O–H groups in total. The summed E-state index contributed by atoms with van der Waals surface area (Å²) in [5.74, 6) is -0.970. The molecular weight excluding hydrogens is 925 g/mol. The summed E-state index contributed by atoms with van der Waals surface area (Å²) < 4.78 is 16.8. The van der Waals surface area contributed by atoms with Crippen LogP contribution in [-0.2, 0) is 28.6 Å². The third-order valence-electron chi connectivity index (χ3n) is 12.6. The molecule has 0 heterocycles. The molecule has 0 radical (unpaired) electrons. The van der Waals surface area contributed by atoms with Gasteiger partial charge in [-0.25, -0.2) is 0 Å². The van der Waals surface area contributed by atoms with Crippen molar-refractivity contribution in [2.75, 3.05) is 13.2 Å². The molecule has 0 aliphatic rings. The predicted molar refractivity (Wildman–Crippen MR) is 325 cm³/mol. The summed E-state index contributed by atoms with van der Waals surface area (Å²) in [6.07, 6.45) is 87.5. The SMILES string of the molecule is CC/C=C\C/C=C\C/C=C\C/C=C\C/C=C\C/C=C\C/C=C\C/C=C\C/C=C\CCCC(=O)OCC(COC(=O)CCCCCCCCCCC)OC(=O)CCCCCCCCCCC/C=C\C/C=C\CCCCC. The molecule has 0 saturated carbocycles. The number of esters is 3. The van der Waals surface area contributed by atoms with Gasteiger partial charge in [0.05, 0.1) is 0 Å². The molecule has 0 fully saturated rings. The molecular formula is C69H112O6. The lowest BCUT2D eigenvalue weighted by atomic mass is 10.1. The lowest BCUT2D eigenvalue weighted by molar-refractivity contribution is -0.167. The van der Waals surface area contributed by atoms with Gasteiger partial charge in [-0.15, -0.1) is 0 Å². The molecule has 6 heteroatoms. The Bertz CT molecular complexity index is 1620. The van der Waals surface area contributed by atoms with Crippen molar-refractivity contribution >= 4 is 17.9 Å². The van der Waals surface area contributed by atoms with Gasteiger partial charge in [-0.1, -0.05) is 264 Å². The maximum Gasteiger partial charge on any atom is 0.306 e. The van der Waals surface area contributed by atoms with Gasteiger partial charge in [0.1, 0.15) is 13.2 Å². The van der Waals surface area contributed by atoms with Crippen LogP contribution in [-0.4, -0.2) is 37.2 Å². The number of ether oxygens (including phenoxy) is 3. The molecule has 0 saturated heterocycles. The first-order valence-corrected chi connectivity index (χ1v) is 30.7. The summed E-state index contributed by atoms with van der Waals surface area (Å²) in [7, 11) is 0. The first-order valence-electron chi connectivity index (χ1n) is 30.7. The van der Waals surface area contributed by atoms with E-state index in [1.807, 2.05) is 0 Å². The van der Waals surface area contributed by atoms with Crippen LogP contribution in [0.1, 0.15) is 265 Å². The average molecular weight is 1040 g/mol. The van der Waals surface area contributed by atoms with Gasteiger partial charge in [-0.05, 0) is 116 Å². The summed E-state index contributed by atoms with van der Waals surface area (Å²) in [5, 5.41) is 0. The van der Waals surface area contributed by atoms with Crippen LogP contribution in [0.15, 0.2) is 134 Å². The molecule has 0 aliphatic heterocycles. The number of allylic oxidation sites excluding steroid dienone is 22. The monoisotopic (exact) mass is 1040 g/mol. The third-order valence-corrected chi connectivity index (χ3v) is 12.6. The zero-order chi connectivity index (χ0) is 54.3.